The van der Waals surface area contributed by atoms with Gasteiger partial charge in [0.2, 0.25) is 0 Å². The summed E-state index contributed by atoms with van der Waals surface area (Å²) in [6.45, 7) is 2.81. The zero-order valence-corrected chi connectivity index (χ0v) is 18.4. The van der Waals surface area contributed by atoms with Gasteiger partial charge in [0.05, 0.1) is 18.8 Å². The topological polar surface area (TPSA) is 66.8 Å². The van der Waals surface area contributed by atoms with Crippen LogP contribution in [0.3, 0.4) is 0 Å². The summed E-state index contributed by atoms with van der Waals surface area (Å²) >= 11 is 0. The van der Waals surface area contributed by atoms with Crippen LogP contribution in [0.4, 0.5) is 0 Å². The van der Waals surface area contributed by atoms with Crippen LogP contribution in [0.5, 0.6) is 0 Å². The molecule has 1 aromatic carbocycles. The van der Waals surface area contributed by atoms with E-state index in [0.717, 1.165) is 64.2 Å². The minimum atomic E-state index is -0.689. The van der Waals surface area contributed by atoms with E-state index >= 15 is 0 Å². The van der Waals surface area contributed by atoms with Gasteiger partial charge in [-0.3, -0.25) is 4.79 Å². The van der Waals surface area contributed by atoms with E-state index in [4.69, 9.17) is 9.84 Å². The molecule has 0 saturated heterocycles. The smallest absolute Gasteiger partial charge is 0.303 e. The van der Waals surface area contributed by atoms with Crippen LogP contribution in [0.1, 0.15) is 102 Å². The molecule has 2 atom stereocenters. The first-order valence-electron chi connectivity index (χ1n) is 11.7. The number of carboxylic acid groups (broad SMARTS) is 1. The fourth-order valence-electron chi connectivity index (χ4n) is 3.63. The van der Waals surface area contributed by atoms with Crippen molar-refractivity contribution in [1.29, 1.82) is 0 Å². The average Bonchev–Trinajstić information content (AvgIpc) is 2.72. The van der Waals surface area contributed by atoms with Crippen molar-refractivity contribution in [2.24, 2.45) is 0 Å². The minimum Gasteiger partial charge on any atom is -0.481 e. The molecule has 1 aromatic rings. The van der Waals surface area contributed by atoms with Crippen molar-refractivity contribution in [3.05, 3.63) is 35.9 Å². The molecule has 4 heteroatoms. The van der Waals surface area contributed by atoms with Crippen LogP contribution in [-0.2, 0) is 16.1 Å². The number of ether oxygens (including phenoxy) is 1. The first-order valence-corrected chi connectivity index (χ1v) is 11.7. The van der Waals surface area contributed by atoms with Crippen molar-refractivity contribution in [2.75, 3.05) is 0 Å². The molecule has 4 nitrogen and oxygen atoms in total. The highest BCUT2D eigenvalue weighted by Gasteiger charge is 2.15. The van der Waals surface area contributed by atoms with Crippen molar-refractivity contribution in [3.8, 4) is 0 Å². The van der Waals surface area contributed by atoms with E-state index in [1.54, 1.807) is 0 Å². The molecule has 1 rings (SSSR count). The molecular formula is C25H42O4. The summed E-state index contributed by atoms with van der Waals surface area (Å²) in [7, 11) is 0. The third-order valence-electron chi connectivity index (χ3n) is 5.42. The van der Waals surface area contributed by atoms with E-state index in [1.807, 2.05) is 18.2 Å². The summed E-state index contributed by atoms with van der Waals surface area (Å²) in [5.74, 6) is -0.689. The Morgan fingerprint density at radius 3 is 2.14 bits per heavy atom. The van der Waals surface area contributed by atoms with Crippen LogP contribution in [-0.4, -0.2) is 28.4 Å². The van der Waals surface area contributed by atoms with Crippen LogP contribution in [0.2, 0.25) is 0 Å². The summed E-state index contributed by atoms with van der Waals surface area (Å²) in [4.78, 5) is 10.5. The molecule has 166 valence electrons. The Morgan fingerprint density at radius 2 is 1.52 bits per heavy atom. The lowest BCUT2D eigenvalue weighted by atomic mass is 10.0. The SMILES string of the molecule is CCCCC(CC(O)CCCCCCCCCCC(=O)O)OCc1ccccc1. The highest BCUT2D eigenvalue weighted by molar-refractivity contribution is 5.66. The number of hydrogen-bond donors (Lipinski definition) is 2. The van der Waals surface area contributed by atoms with E-state index < -0.39 is 5.97 Å². The number of benzene rings is 1. The fourth-order valence-corrected chi connectivity index (χ4v) is 3.63. The van der Waals surface area contributed by atoms with E-state index in [-0.39, 0.29) is 12.2 Å². The van der Waals surface area contributed by atoms with Gasteiger partial charge in [0.25, 0.3) is 0 Å². The van der Waals surface area contributed by atoms with Crippen LogP contribution in [0.25, 0.3) is 0 Å². The average molecular weight is 407 g/mol. The lowest BCUT2D eigenvalue weighted by Crippen LogP contribution is -2.21. The van der Waals surface area contributed by atoms with Gasteiger partial charge >= 0.3 is 5.97 Å². The summed E-state index contributed by atoms with van der Waals surface area (Å²) in [5, 5.41) is 19.0. The number of hydrogen-bond acceptors (Lipinski definition) is 3. The van der Waals surface area contributed by atoms with Crippen LogP contribution in [0.15, 0.2) is 30.3 Å². The van der Waals surface area contributed by atoms with E-state index in [1.165, 1.54) is 24.8 Å². The van der Waals surface area contributed by atoms with E-state index in [0.29, 0.717) is 13.0 Å². The molecule has 2 N–H and O–H groups in total. The van der Waals surface area contributed by atoms with Gasteiger partial charge in [-0.15, -0.1) is 0 Å². The summed E-state index contributed by atoms with van der Waals surface area (Å²) < 4.78 is 6.11. The Bertz CT molecular complexity index is 503. The van der Waals surface area contributed by atoms with Gasteiger partial charge in [-0.2, -0.15) is 0 Å². The number of carboxylic acids is 1. The Balaban J connectivity index is 2.09. The molecule has 0 heterocycles. The van der Waals surface area contributed by atoms with Crippen molar-refractivity contribution < 1.29 is 19.7 Å². The first kappa shape index (κ1) is 25.6. The van der Waals surface area contributed by atoms with Gasteiger partial charge in [0.15, 0.2) is 0 Å². The highest BCUT2D eigenvalue weighted by Crippen LogP contribution is 2.18. The van der Waals surface area contributed by atoms with Crippen LogP contribution in [0, 0.1) is 0 Å². The van der Waals surface area contributed by atoms with Gasteiger partial charge in [0, 0.05) is 6.42 Å². The molecular weight excluding hydrogens is 364 g/mol. The minimum absolute atomic E-state index is 0.135. The molecule has 0 radical (unpaired) electrons. The standard InChI is InChI=1S/C25H42O4/c1-2-3-18-24(29-21-22-15-11-10-12-16-22)20-23(26)17-13-8-6-4-5-7-9-14-19-25(27)28/h10-12,15-16,23-24,26H,2-9,13-14,17-21H2,1H3,(H,27,28). The van der Waals surface area contributed by atoms with Crippen molar-refractivity contribution in [3.63, 3.8) is 0 Å². The Morgan fingerprint density at radius 1 is 0.897 bits per heavy atom. The molecule has 0 fully saturated rings. The monoisotopic (exact) mass is 406 g/mol. The maximum absolute atomic E-state index is 10.5. The maximum atomic E-state index is 10.5. The van der Waals surface area contributed by atoms with Gasteiger partial charge in [-0.1, -0.05) is 95.0 Å². The van der Waals surface area contributed by atoms with Crippen LogP contribution >= 0.6 is 0 Å². The first-order chi connectivity index (χ1) is 14.1. The van der Waals surface area contributed by atoms with Gasteiger partial charge in [-0.25, -0.2) is 0 Å². The lowest BCUT2D eigenvalue weighted by Gasteiger charge is -2.21. The maximum Gasteiger partial charge on any atom is 0.303 e. The van der Waals surface area contributed by atoms with Crippen molar-refractivity contribution in [2.45, 2.75) is 116 Å². The summed E-state index contributed by atoms with van der Waals surface area (Å²) in [6.07, 6.45) is 13.8. The second-order valence-electron chi connectivity index (χ2n) is 8.21. The van der Waals surface area contributed by atoms with E-state index in [9.17, 15) is 9.90 Å². The predicted molar refractivity (Wildman–Crippen MR) is 119 cm³/mol. The molecule has 0 amide bonds. The van der Waals surface area contributed by atoms with Crippen LogP contribution < -0.4 is 0 Å². The molecule has 0 aromatic heterocycles. The highest BCUT2D eigenvalue weighted by atomic mass is 16.5. The van der Waals surface area contributed by atoms with Gasteiger partial charge in [-0.05, 0) is 31.2 Å². The Kier molecular flexibility index (Phi) is 15.4. The number of carbonyl (C=O) groups is 1. The van der Waals surface area contributed by atoms with Gasteiger partial charge in [0.1, 0.15) is 0 Å². The normalized spacial score (nSPS) is 13.3. The molecule has 0 spiro atoms. The summed E-state index contributed by atoms with van der Waals surface area (Å²) in [5.41, 5.74) is 1.19. The summed E-state index contributed by atoms with van der Waals surface area (Å²) in [6, 6.07) is 10.2. The molecule has 0 bridgehead atoms. The number of unbranched alkanes of at least 4 members (excludes halogenated alkanes) is 8. The molecule has 0 aliphatic carbocycles. The second-order valence-corrected chi connectivity index (χ2v) is 8.21. The molecule has 2 unspecified atom stereocenters. The molecule has 0 aliphatic heterocycles. The molecule has 0 saturated carbocycles. The van der Waals surface area contributed by atoms with E-state index in [2.05, 4.69) is 19.1 Å². The third kappa shape index (κ3) is 15.2. The Hall–Kier alpha value is -1.39. The third-order valence-corrected chi connectivity index (χ3v) is 5.42. The number of rotatable bonds is 19. The molecule has 0 aliphatic rings. The fraction of sp³-hybridized carbons (Fsp3) is 0.720. The number of aliphatic carboxylic acids is 1. The zero-order chi connectivity index (χ0) is 21.2. The second kappa shape index (κ2) is 17.5. The predicted octanol–water partition coefficient (Wildman–Crippen LogP) is 6.50. The number of aliphatic hydroxyl groups is 1. The van der Waals surface area contributed by atoms with Gasteiger partial charge < -0.3 is 14.9 Å². The zero-order valence-electron chi connectivity index (χ0n) is 18.4. The van der Waals surface area contributed by atoms with Crippen molar-refractivity contribution in [1.82, 2.24) is 0 Å². The van der Waals surface area contributed by atoms with Crippen molar-refractivity contribution >= 4 is 5.97 Å². The number of aliphatic hydroxyl groups excluding tert-OH is 1. The molecule has 29 heavy (non-hydrogen) atoms. The quantitative estimate of drug-likeness (QED) is 0.257. The Labute approximate surface area is 177 Å². The largest absolute Gasteiger partial charge is 0.481 e. The lowest BCUT2D eigenvalue weighted by molar-refractivity contribution is -0.137.